The molecular weight excluding hydrogens is 368 g/mol. The van der Waals surface area contributed by atoms with Crippen molar-refractivity contribution < 1.29 is 4.79 Å². The number of carbonyl (C=O) groups is 1. The van der Waals surface area contributed by atoms with Gasteiger partial charge in [0.2, 0.25) is 5.91 Å². The fraction of sp³-hybridized carbons (Fsp3) is 0.364. The van der Waals surface area contributed by atoms with Crippen LogP contribution in [0.25, 0.3) is 0 Å². The zero-order chi connectivity index (χ0) is 18.9. The number of anilines is 1. The Hall–Kier alpha value is -2.31. The fourth-order valence-corrected chi connectivity index (χ4v) is 5.37. The Morgan fingerprint density at radius 2 is 1.68 bits per heavy atom. The van der Waals surface area contributed by atoms with Crippen LogP contribution >= 0.6 is 11.8 Å². The van der Waals surface area contributed by atoms with Gasteiger partial charge in [-0.05, 0) is 24.3 Å². The summed E-state index contributed by atoms with van der Waals surface area (Å²) in [4.78, 5) is 25.4. The smallest absolute Gasteiger partial charge is 0.229 e. The number of amidine groups is 1. The highest BCUT2D eigenvalue weighted by Gasteiger charge is 2.39. The van der Waals surface area contributed by atoms with Crippen molar-refractivity contribution in [2.24, 2.45) is 4.99 Å². The first-order valence-corrected chi connectivity index (χ1v) is 10.8. The molecule has 28 heavy (non-hydrogen) atoms. The van der Waals surface area contributed by atoms with Crippen LogP contribution in [0.4, 0.5) is 11.4 Å². The van der Waals surface area contributed by atoms with Gasteiger partial charge < -0.3 is 4.90 Å². The van der Waals surface area contributed by atoms with E-state index in [0.29, 0.717) is 6.42 Å². The lowest BCUT2D eigenvalue weighted by molar-refractivity contribution is -0.125. The third-order valence-corrected chi connectivity index (χ3v) is 6.99. The molecule has 3 heterocycles. The second-order valence-electron chi connectivity index (χ2n) is 7.46. The van der Waals surface area contributed by atoms with E-state index >= 15 is 0 Å². The lowest BCUT2D eigenvalue weighted by Crippen LogP contribution is -2.49. The van der Waals surface area contributed by atoms with E-state index < -0.39 is 0 Å². The summed E-state index contributed by atoms with van der Waals surface area (Å²) in [5.74, 6) is 1.17. The number of nitrogens with zero attached hydrogens (tertiary/aromatic N) is 4. The van der Waals surface area contributed by atoms with Crippen LogP contribution in [0.2, 0.25) is 0 Å². The molecule has 6 heteroatoms. The van der Waals surface area contributed by atoms with Gasteiger partial charge in [0.1, 0.15) is 5.84 Å². The molecule has 2 fully saturated rings. The SMILES string of the molecule is O=C1C[C@H]2Sc3ccccc3N=C2N1CCN1CCN(c2ccccc2)CC1. The van der Waals surface area contributed by atoms with Crippen LogP contribution in [0.5, 0.6) is 0 Å². The van der Waals surface area contributed by atoms with E-state index in [1.54, 1.807) is 11.8 Å². The van der Waals surface area contributed by atoms with Gasteiger partial charge in [0, 0.05) is 56.3 Å². The van der Waals surface area contributed by atoms with Gasteiger partial charge in [0.25, 0.3) is 0 Å². The Labute approximate surface area is 170 Å². The van der Waals surface area contributed by atoms with Crippen molar-refractivity contribution in [2.45, 2.75) is 16.6 Å². The number of hydrogen-bond donors (Lipinski definition) is 0. The molecule has 0 N–H and O–H groups in total. The number of carbonyl (C=O) groups excluding carboxylic acids is 1. The summed E-state index contributed by atoms with van der Waals surface area (Å²) in [6, 6.07) is 18.8. The Bertz CT molecular complexity index is 892. The summed E-state index contributed by atoms with van der Waals surface area (Å²) in [6.45, 7) is 5.78. The fourth-order valence-electron chi connectivity index (χ4n) is 4.16. The number of hydrogen-bond acceptors (Lipinski definition) is 5. The van der Waals surface area contributed by atoms with Crippen LogP contribution < -0.4 is 4.90 Å². The monoisotopic (exact) mass is 392 g/mol. The van der Waals surface area contributed by atoms with Crippen molar-refractivity contribution in [1.82, 2.24) is 9.80 Å². The standard InChI is InChI=1S/C22H24N4OS/c27-21-16-20-22(23-18-8-4-5-9-19(18)28-20)26(21)15-12-24-10-13-25(14-11-24)17-6-2-1-3-7-17/h1-9,20H,10-16H2/t20-/m1/s1. The number of aliphatic imine (C=N–C) groups is 1. The number of fused-ring (bicyclic) bond motifs is 2. The quantitative estimate of drug-likeness (QED) is 0.801. The first-order valence-electron chi connectivity index (χ1n) is 9.95. The van der Waals surface area contributed by atoms with Crippen LogP contribution in [0.1, 0.15) is 6.42 Å². The number of rotatable bonds is 4. The number of likely N-dealkylation sites (tertiary alicyclic amines) is 1. The predicted octanol–water partition coefficient (Wildman–Crippen LogP) is 3.25. The highest BCUT2D eigenvalue weighted by molar-refractivity contribution is 8.01. The first kappa shape index (κ1) is 17.8. The molecular formula is C22H24N4OS. The molecule has 1 atom stereocenters. The van der Waals surface area contributed by atoms with Gasteiger partial charge in [-0.1, -0.05) is 30.3 Å². The normalized spacial score (nSPS) is 22.1. The maximum atomic E-state index is 12.6. The average molecular weight is 393 g/mol. The van der Waals surface area contributed by atoms with Crippen molar-refractivity contribution >= 4 is 34.9 Å². The van der Waals surface area contributed by atoms with Crippen LogP contribution in [-0.4, -0.2) is 66.1 Å². The number of thioether (sulfide) groups is 1. The van der Waals surface area contributed by atoms with E-state index in [2.05, 4.69) is 46.2 Å². The molecule has 2 aromatic rings. The van der Waals surface area contributed by atoms with Gasteiger partial charge >= 0.3 is 0 Å². The van der Waals surface area contributed by atoms with Gasteiger partial charge in [0.15, 0.2) is 0 Å². The molecule has 5 rings (SSSR count). The minimum absolute atomic E-state index is 0.178. The van der Waals surface area contributed by atoms with Crippen molar-refractivity contribution in [3.63, 3.8) is 0 Å². The third-order valence-electron chi connectivity index (χ3n) is 5.73. The summed E-state index contributed by atoms with van der Waals surface area (Å²) < 4.78 is 0. The summed E-state index contributed by atoms with van der Waals surface area (Å²) in [7, 11) is 0. The van der Waals surface area contributed by atoms with Crippen molar-refractivity contribution in [3.8, 4) is 0 Å². The number of para-hydroxylation sites is 2. The minimum atomic E-state index is 0.178. The van der Waals surface area contributed by atoms with E-state index in [-0.39, 0.29) is 11.2 Å². The minimum Gasteiger partial charge on any atom is -0.369 e. The maximum absolute atomic E-state index is 12.6. The molecule has 3 aliphatic rings. The predicted molar refractivity (Wildman–Crippen MR) is 115 cm³/mol. The van der Waals surface area contributed by atoms with Gasteiger partial charge in [-0.25, -0.2) is 4.99 Å². The number of benzene rings is 2. The molecule has 2 saturated heterocycles. The molecule has 0 aromatic heterocycles. The molecule has 0 bridgehead atoms. The van der Waals surface area contributed by atoms with Crippen LogP contribution in [-0.2, 0) is 4.79 Å². The van der Waals surface area contributed by atoms with Crippen molar-refractivity contribution in [1.29, 1.82) is 0 Å². The van der Waals surface area contributed by atoms with Gasteiger partial charge in [-0.15, -0.1) is 11.8 Å². The number of piperazine rings is 1. The van der Waals surface area contributed by atoms with Gasteiger partial charge in [-0.3, -0.25) is 14.6 Å². The summed E-state index contributed by atoms with van der Waals surface area (Å²) >= 11 is 1.78. The molecule has 2 aromatic carbocycles. The summed E-state index contributed by atoms with van der Waals surface area (Å²) in [5, 5.41) is 0.178. The molecule has 1 amide bonds. The van der Waals surface area contributed by atoms with Gasteiger partial charge in [0.05, 0.1) is 10.9 Å². The lowest BCUT2D eigenvalue weighted by atomic mass is 10.2. The second kappa shape index (κ2) is 7.60. The van der Waals surface area contributed by atoms with E-state index in [1.807, 2.05) is 23.1 Å². The highest BCUT2D eigenvalue weighted by Crippen LogP contribution is 2.42. The highest BCUT2D eigenvalue weighted by atomic mass is 32.2. The van der Waals surface area contributed by atoms with Crippen LogP contribution in [0.3, 0.4) is 0 Å². The molecule has 0 radical (unpaired) electrons. The van der Waals surface area contributed by atoms with E-state index in [4.69, 9.17) is 4.99 Å². The average Bonchev–Trinajstić information content (AvgIpc) is 3.05. The molecule has 0 spiro atoms. The molecule has 144 valence electrons. The third kappa shape index (κ3) is 3.42. The van der Waals surface area contributed by atoms with E-state index in [9.17, 15) is 4.79 Å². The second-order valence-corrected chi connectivity index (χ2v) is 8.70. The van der Waals surface area contributed by atoms with Crippen molar-refractivity contribution in [3.05, 3.63) is 54.6 Å². The molecule has 3 aliphatic heterocycles. The van der Waals surface area contributed by atoms with Crippen LogP contribution in [0, 0.1) is 0 Å². The largest absolute Gasteiger partial charge is 0.369 e. The summed E-state index contributed by atoms with van der Waals surface area (Å²) in [5.41, 5.74) is 2.29. The Morgan fingerprint density at radius 3 is 2.50 bits per heavy atom. The molecule has 5 nitrogen and oxygen atoms in total. The Kier molecular flexibility index (Phi) is 4.82. The number of amides is 1. The zero-order valence-electron chi connectivity index (χ0n) is 15.8. The summed E-state index contributed by atoms with van der Waals surface area (Å²) in [6.07, 6.45) is 0.569. The van der Waals surface area contributed by atoms with E-state index in [0.717, 1.165) is 50.8 Å². The van der Waals surface area contributed by atoms with Crippen LogP contribution in [0.15, 0.2) is 64.5 Å². The topological polar surface area (TPSA) is 39.2 Å². The van der Waals surface area contributed by atoms with Gasteiger partial charge in [-0.2, -0.15) is 0 Å². The van der Waals surface area contributed by atoms with E-state index in [1.165, 1.54) is 10.6 Å². The molecule has 0 saturated carbocycles. The van der Waals surface area contributed by atoms with Crippen molar-refractivity contribution in [2.75, 3.05) is 44.2 Å². The zero-order valence-corrected chi connectivity index (χ0v) is 16.6. The molecule has 0 unspecified atom stereocenters. The Morgan fingerprint density at radius 1 is 0.929 bits per heavy atom. The lowest BCUT2D eigenvalue weighted by Gasteiger charge is -2.36. The Balaban J connectivity index is 1.20. The molecule has 0 aliphatic carbocycles. The first-order chi connectivity index (χ1) is 13.8. The maximum Gasteiger partial charge on any atom is 0.229 e.